The van der Waals surface area contributed by atoms with E-state index in [2.05, 4.69) is 41.5 Å². The summed E-state index contributed by atoms with van der Waals surface area (Å²) in [6.07, 6.45) is 53.9. The molecule has 3 N–H and O–H groups in total. The monoisotopic (exact) mass is 1380 g/mol. The summed E-state index contributed by atoms with van der Waals surface area (Å²) in [6, 6.07) is 0. The first-order valence-electron chi connectivity index (χ1n) is 39.0. The molecule has 0 saturated carbocycles. The number of aliphatic hydroxyl groups is 1. The number of ether oxygens (including phenoxy) is 4. The van der Waals surface area contributed by atoms with E-state index in [0.717, 1.165) is 102 Å². The number of carbonyl (C=O) groups is 4. The maximum absolute atomic E-state index is 13.1. The molecule has 0 amide bonds. The highest BCUT2D eigenvalue weighted by molar-refractivity contribution is 7.47. The number of phosphoric acid groups is 2. The molecule has 0 aliphatic carbocycles. The Morgan fingerprint density at radius 2 is 0.543 bits per heavy atom. The number of rotatable bonds is 74. The van der Waals surface area contributed by atoms with Crippen molar-refractivity contribution in [3.05, 3.63) is 0 Å². The van der Waals surface area contributed by atoms with E-state index in [9.17, 15) is 43.2 Å². The Hall–Kier alpha value is -1.94. The van der Waals surface area contributed by atoms with Crippen LogP contribution in [0.4, 0.5) is 0 Å². The van der Waals surface area contributed by atoms with E-state index in [0.29, 0.717) is 25.7 Å². The van der Waals surface area contributed by atoms with E-state index < -0.39 is 97.5 Å². The topological polar surface area (TPSA) is 237 Å². The lowest BCUT2D eigenvalue weighted by molar-refractivity contribution is -0.161. The molecule has 0 saturated heterocycles. The largest absolute Gasteiger partial charge is 0.472 e. The van der Waals surface area contributed by atoms with Gasteiger partial charge in [0.05, 0.1) is 26.4 Å². The van der Waals surface area contributed by atoms with Crippen LogP contribution in [0.5, 0.6) is 0 Å². The fraction of sp³-hybridized carbons (Fsp3) is 0.947. The molecule has 0 aliphatic rings. The van der Waals surface area contributed by atoms with Crippen LogP contribution in [0.2, 0.25) is 0 Å². The van der Waals surface area contributed by atoms with Gasteiger partial charge in [-0.25, -0.2) is 9.13 Å². The van der Waals surface area contributed by atoms with Crippen molar-refractivity contribution in [3.63, 3.8) is 0 Å². The summed E-state index contributed by atoms with van der Waals surface area (Å²) < 4.78 is 68.5. The van der Waals surface area contributed by atoms with Crippen LogP contribution in [0.15, 0.2) is 0 Å². The predicted molar refractivity (Wildman–Crippen MR) is 381 cm³/mol. The fourth-order valence-electron chi connectivity index (χ4n) is 11.4. The second-order valence-electron chi connectivity index (χ2n) is 27.8. The number of unbranched alkanes of at least 4 members (excludes halogenated alkanes) is 43. The van der Waals surface area contributed by atoms with Crippen LogP contribution in [0, 0.1) is 11.8 Å². The van der Waals surface area contributed by atoms with Crippen LogP contribution >= 0.6 is 15.6 Å². The Balaban J connectivity index is 5.24. The molecule has 0 heterocycles. The number of hydrogen-bond acceptors (Lipinski definition) is 15. The Bertz CT molecular complexity index is 1820. The number of esters is 4. The molecule has 558 valence electrons. The molecule has 19 heteroatoms. The molecule has 0 rings (SSSR count). The van der Waals surface area contributed by atoms with Crippen molar-refractivity contribution in [2.75, 3.05) is 39.6 Å². The third kappa shape index (κ3) is 67.3. The minimum Gasteiger partial charge on any atom is -0.462 e. The van der Waals surface area contributed by atoms with Crippen molar-refractivity contribution in [1.82, 2.24) is 0 Å². The summed E-state index contributed by atoms with van der Waals surface area (Å²) >= 11 is 0. The molecule has 17 nitrogen and oxygen atoms in total. The van der Waals surface area contributed by atoms with Crippen LogP contribution < -0.4 is 0 Å². The average Bonchev–Trinajstić information content (AvgIpc) is 1.14. The lowest BCUT2D eigenvalue weighted by Crippen LogP contribution is -2.30. The first kappa shape index (κ1) is 92.1. The average molecular weight is 1380 g/mol. The Kier molecular flexibility index (Phi) is 65.5. The van der Waals surface area contributed by atoms with Crippen molar-refractivity contribution >= 4 is 39.5 Å². The zero-order valence-corrected chi connectivity index (χ0v) is 63.1. The van der Waals surface area contributed by atoms with E-state index in [1.54, 1.807) is 0 Å². The maximum atomic E-state index is 13.1. The highest BCUT2D eigenvalue weighted by Crippen LogP contribution is 2.45. The van der Waals surface area contributed by atoms with Crippen LogP contribution in [0.1, 0.15) is 388 Å². The molecule has 0 aliphatic heterocycles. The highest BCUT2D eigenvalue weighted by atomic mass is 31.2. The van der Waals surface area contributed by atoms with Crippen LogP contribution in [0.3, 0.4) is 0 Å². The van der Waals surface area contributed by atoms with Gasteiger partial charge in [0.15, 0.2) is 12.2 Å². The van der Waals surface area contributed by atoms with E-state index in [1.807, 2.05) is 0 Å². The Morgan fingerprint density at radius 3 is 0.809 bits per heavy atom. The van der Waals surface area contributed by atoms with Crippen LogP contribution in [0.25, 0.3) is 0 Å². The van der Waals surface area contributed by atoms with Gasteiger partial charge >= 0.3 is 39.5 Å². The number of hydrogen-bond donors (Lipinski definition) is 3. The molecule has 0 spiro atoms. The van der Waals surface area contributed by atoms with Crippen molar-refractivity contribution in [3.8, 4) is 0 Å². The maximum Gasteiger partial charge on any atom is 0.472 e. The van der Waals surface area contributed by atoms with Gasteiger partial charge in [-0.1, -0.05) is 337 Å². The molecule has 0 aromatic heterocycles. The van der Waals surface area contributed by atoms with Crippen LogP contribution in [-0.2, 0) is 65.4 Å². The van der Waals surface area contributed by atoms with E-state index in [1.165, 1.54) is 205 Å². The van der Waals surface area contributed by atoms with Gasteiger partial charge in [0.1, 0.15) is 19.3 Å². The molecule has 0 fully saturated rings. The molecule has 3 unspecified atom stereocenters. The van der Waals surface area contributed by atoms with Crippen molar-refractivity contribution < 1.29 is 80.2 Å². The second-order valence-corrected chi connectivity index (χ2v) is 30.7. The summed E-state index contributed by atoms with van der Waals surface area (Å²) in [5.41, 5.74) is 0. The molecular weight excluding hydrogens is 1230 g/mol. The van der Waals surface area contributed by atoms with Gasteiger partial charge in [0, 0.05) is 25.7 Å². The van der Waals surface area contributed by atoms with E-state index in [-0.39, 0.29) is 25.7 Å². The highest BCUT2D eigenvalue weighted by Gasteiger charge is 2.30. The molecule has 0 aromatic carbocycles. The van der Waals surface area contributed by atoms with E-state index >= 15 is 0 Å². The first-order chi connectivity index (χ1) is 45.4. The summed E-state index contributed by atoms with van der Waals surface area (Å²) in [5, 5.41) is 10.6. The quantitative estimate of drug-likeness (QED) is 0.0222. The minimum atomic E-state index is -4.96. The second kappa shape index (κ2) is 66.9. The molecule has 0 bridgehead atoms. The Morgan fingerprint density at radius 1 is 0.309 bits per heavy atom. The zero-order valence-electron chi connectivity index (χ0n) is 61.3. The van der Waals surface area contributed by atoms with Gasteiger partial charge in [-0.3, -0.25) is 37.3 Å². The minimum absolute atomic E-state index is 0.108. The summed E-state index contributed by atoms with van der Waals surface area (Å²) in [6.45, 7) is 9.63. The zero-order chi connectivity index (χ0) is 69.3. The van der Waals surface area contributed by atoms with Crippen molar-refractivity contribution in [2.24, 2.45) is 11.8 Å². The van der Waals surface area contributed by atoms with Crippen molar-refractivity contribution in [1.29, 1.82) is 0 Å². The Labute approximate surface area is 575 Å². The third-order valence-corrected chi connectivity index (χ3v) is 19.7. The van der Waals surface area contributed by atoms with Gasteiger partial charge in [-0.15, -0.1) is 0 Å². The fourth-order valence-corrected chi connectivity index (χ4v) is 13.0. The molecule has 6 atom stereocenters. The number of carbonyl (C=O) groups excluding carboxylic acids is 4. The SMILES string of the molecule is CCCCCCCCCCCCCCCC(=O)O[C@H](COC(=O)CCCCCCCCCCCC)COP(=O)(O)OC[C@H](O)COP(=O)(O)OC[C@@H](COC(=O)CCCCCCCCCCCCC(C)C)OC(=O)CCCCCCCCCCCCCCCCC(C)CC. The van der Waals surface area contributed by atoms with Crippen molar-refractivity contribution in [2.45, 2.75) is 407 Å². The summed E-state index contributed by atoms with van der Waals surface area (Å²) in [5.74, 6) is -0.511. The molecular formula is C75H146O17P2. The lowest BCUT2D eigenvalue weighted by atomic mass is 9.99. The lowest BCUT2D eigenvalue weighted by Gasteiger charge is -2.21. The molecule has 0 radical (unpaired) electrons. The van der Waals surface area contributed by atoms with Gasteiger partial charge in [-0.05, 0) is 37.5 Å². The van der Waals surface area contributed by atoms with Gasteiger partial charge in [-0.2, -0.15) is 0 Å². The first-order valence-corrected chi connectivity index (χ1v) is 42.0. The third-order valence-electron chi connectivity index (χ3n) is 17.8. The van der Waals surface area contributed by atoms with Gasteiger partial charge < -0.3 is 33.8 Å². The standard InChI is InChI=1S/C75H146O17P2/c1-7-10-12-14-16-18-20-23-27-35-41-47-53-59-74(79)91-70(63-85-72(77)57-51-45-39-33-19-17-15-13-11-8-2)65-89-93(81,82)87-61-69(76)62-88-94(83,84)90-66-71(64-86-73(78)58-52-46-40-34-30-29-31-37-43-49-55-67(4)5)92-75(80)60-54-48-42-36-28-25-22-21-24-26-32-38-44-50-56-68(6)9-3/h67-71,76H,7-66H2,1-6H3,(H,81,82)(H,83,84)/t68?,69-,70+,71+/m0/s1. The van der Waals surface area contributed by atoms with E-state index in [4.69, 9.17) is 37.0 Å². The summed E-state index contributed by atoms with van der Waals surface area (Å²) in [7, 11) is -9.91. The number of phosphoric ester groups is 2. The van der Waals surface area contributed by atoms with Crippen LogP contribution in [-0.4, -0.2) is 96.7 Å². The normalized spacial score (nSPS) is 14.3. The van der Waals surface area contributed by atoms with Gasteiger partial charge in [0.2, 0.25) is 0 Å². The predicted octanol–water partition coefficient (Wildman–Crippen LogP) is 21.9. The summed E-state index contributed by atoms with van der Waals surface area (Å²) in [4.78, 5) is 72.8. The molecule has 94 heavy (non-hydrogen) atoms. The molecule has 0 aromatic rings. The number of aliphatic hydroxyl groups excluding tert-OH is 1. The smallest absolute Gasteiger partial charge is 0.462 e. The van der Waals surface area contributed by atoms with Gasteiger partial charge in [0.25, 0.3) is 0 Å².